The summed E-state index contributed by atoms with van der Waals surface area (Å²) in [6.45, 7) is 0. The topological polar surface area (TPSA) is 70.6 Å². The number of carbonyl (C=O) groups is 2. The first kappa shape index (κ1) is 19.8. The molecule has 3 aromatic rings. The van der Waals surface area contributed by atoms with Crippen LogP contribution in [0.4, 0.5) is 5.69 Å². The highest BCUT2D eigenvalue weighted by molar-refractivity contribution is 9.10. The Bertz CT molecular complexity index is 1040. The molecule has 0 unspecified atom stereocenters. The molecule has 0 fully saturated rings. The van der Waals surface area contributed by atoms with Crippen LogP contribution >= 0.6 is 27.5 Å². The fraction of sp³-hybridized carbons (Fsp3) is 0. The molecule has 0 bridgehead atoms. The lowest BCUT2D eigenvalue weighted by atomic mass is 10.1. The number of hydrogen-bond donors (Lipinski definition) is 2. The second-order valence-electron chi connectivity index (χ2n) is 5.76. The number of anilines is 1. The zero-order valence-corrected chi connectivity index (χ0v) is 16.9. The number of para-hydroxylation sites is 1. The molecule has 0 aliphatic rings. The van der Waals surface area contributed by atoms with E-state index >= 15 is 0 Å². The average molecular weight is 457 g/mol. The first-order chi connectivity index (χ1) is 13.5. The number of halogens is 2. The van der Waals surface area contributed by atoms with Crippen molar-refractivity contribution in [1.82, 2.24) is 5.43 Å². The standard InChI is InChI=1S/C21H15BrClN3O2/c22-16-5-3-4-14(12-16)13-24-26-21(28)18-6-1-2-7-19(18)25-20(27)15-8-10-17(23)11-9-15/h1-13H,(H,25,27)(H,26,28)/b24-13-. The Morgan fingerprint density at radius 1 is 0.929 bits per heavy atom. The van der Waals surface area contributed by atoms with E-state index in [4.69, 9.17) is 11.6 Å². The smallest absolute Gasteiger partial charge is 0.273 e. The van der Waals surface area contributed by atoms with Crippen molar-refractivity contribution in [2.24, 2.45) is 5.10 Å². The molecule has 2 N–H and O–H groups in total. The molecular formula is C21H15BrClN3O2. The Balaban J connectivity index is 1.71. The summed E-state index contributed by atoms with van der Waals surface area (Å²) in [4.78, 5) is 24.9. The van der Waals surface area contributed by atoms with Gasteiger partial charge in [-0.05, 0) is 54.1 Å². The van der Waals surface area contributed by atoms with E-state index in [0.29, 0.717) is 21.8 Å². The van der Waals surface area contributed by atoms with Gasteiger partial charge in [-0.2, -0.15) is 5.10 Å². The van der Waals surface area contributed by atoms with Crippen molar-refractivity contribution in [2.75, 3.05) is 5.32 Å². The summed E-state index contributed by atoms with van der Waals surface area (Å²) in [7, 11) is 0. The van der Waals surface area contributed by atoms with Crippen LogP contribution in [0.25, 0.3) is 0 Å². The first-order valence-electron chi connectivity index (χ1n) is 8.28. The van der Waals surface area contributed by atoms with Crippen LogP contribution in [0.2, 0.25) is 5.02 Å². The number of hydrazone groups is 1. The molecule has 140 valence electrons. The Labute approximate surface area is 175 Å². The summed E-state index contributed by atoms with van der Waals surface area (Å²) in [5, 5.41) is 7.26. The third-order valence-electron chi connectivity index (χ3n) is 3.75. The molecule has 0 aliphatic heterocycles. The van der Waals surface area contributed by atoms with E-state index in [1.807, 2.05) is 24.3 Å². The van der Waals surface area contributed by atoms with Crippen molar-refractivity contribution in [1.29, 1.82) is 0 Å². The lowest BCUT2D eigenvalue weighted by Crippen LogP contribution is -2.21. The quantitative estimate of drug-likeness (QED) is 0.413. The van der Waals surface area contributed by atoms with E-state index in [2.05, 4.69) is 31.8 Å². The third-order valence-corrected chi connectivity index (χ3v) is 4.50. The molecule has 0 saturated carbocycles. The van der Waals surface area contributed by atoms with Crippen LogP contribution in [0, 0.1) is 0 Å². The molecule has 3 aromatic carbocycles. The fourth-order valence-electron chi connectivity index (χ4n) is 2.40. The molecule has 28 heavy (non-hydrogen) atoms. The monoisotopic (exact) mass is 455 g/mol. The van der Waals surface area contributed by atoms with Crippen molar-refractivity contribution in [3.05, 3.63) is 99.0 Å². The van der Waals surface area contributed by atoms with Gasteiger partial charge in [0.05, 0.1) is 17.5 Å². The van der Waals surface area contributed by atoms with Crippen LogP contribution in [0.3, 0.4) is 0 Å². The van der Waals surface area contributed by atoms with Crippen LogP contribution < -0.4 is 10.7 Å². The van der Waals surface area contributed by atoms with E-state index in [9.17, 15) is 9.59 Å². The number of nitrogens with one attached hydrogen (secondary N) is 2. The van der Waals surface area contributed by atoms with Gasteiger partial charge in [-0.3, -0.25) is 9.59 Å². The second-order valence-corrected chi connectivity index (χ2v) is 7.11. The summed E-state index contributed by atoms with van der Waals surface area (Å²) in [5.41, 5.74) is 4.43. The van der Waals surface area contributed by atoms with Gasteiger partial charge in [0.2, 0.25) is 0 Å². The predicted molar refractivity (Wildman–Crippen MR) is 115 cm³/mol. The van der Waals surface area contributed by atoms with Crippen molar-refractivity contribution < 1.29 is 9.59 Å². The molecule has 0 atom stereocenters. The summed E-state index contributed by atoms with van der Waals surface area (Å²) in [6, 6.07) is 20.7. The minimum atomic E-state index is -0.432. The van der Waals surface area contributed by atoms with Crippen molar-refractivity contribution in [2.45, 2.75) is 0 Å². The highest BCUT2D eigenvalue weighted by atomic mass is 79.9. The summed E-state index contributed by atoms with van der Waals surface area (Å²) >= 11 is 9.22. The van der Waals surface area contributed by atoms with Crippen molar-refractivity contribution >= 4 is 51.2 Å². The molecule has 0 radical (unpaired) electrons. The van der Waals surface area contributed by atoms with Gasteiger partial charge in [-0.25, -0.2) is 5.43 Å². The normalized spacial score (nSPS) is 10.6. The predicted octanol–water partition coefficient (Wildman–Crippen LogP) is 5.12. The fourth-order valence-corrected chi connectivity index (χ4v) is 2.94. The minimum absolute atomic E-state index is 0.302. The Morgan fingerprint density at radius 3 is 2.43 bits per heavy atom. The maximum atomic E-state index is 12.5. The number of rotatable bonds is 5. The number of amides is 2. The average Bonchev–Trinajstić information content (AvgIpc) is 2.69. The maximum Gasteiger partial charge on any atom is 0.273 e. The Morgan fingerprint density at radius 2 is 1.68 bits per heavy atom. The molecule has 2 amide bonds. The molecule has 0 aliphatic carbocycles. The van der Waals surface area contributed by atoms with Crippen molar-refractivity contribution in [3.8, 4) is 0 Å². The molecule has 0 saturated heterocycles. The molecule has 0 spiro atoms. The zero-order valence-electron chi connectivity index (χ0n) is 14.5. The highest BCUT2D eigenvalue weighted by Crippen LogP contribution is 2.17. The van der Waals surface area contributed by atoms with Gasteiger partial charge in [-0.15, -0.1) is 0 Å². The minimum Gasteiger partial charge on any atom is -0.321 e. The van der Waals surface area contributed by atoms with Gasteiger partial charge >= 0.3 is 0 Å². The molecule has 7 heteroatoms. The van der Waals surface area contributed by atoms with Gasteiger partial charge in [0, 0.05) is 15.1 Å². The third kappa shape index (κ3) is 5.28. The number of carbonyl (C=O) groups excluding carboxylic acids is 2. The van der Waals surface area contributed by atoms with Crippen LogP contribution in [-0.4, -0.2) is 18.0 Å². The number of nitrogens with zero attached hydrogens (tertiary/aromatic N) is 1. The van der Waals surface area contributed by atoms with Crippen LogP contribution in [0.15, 0.2) is 82.4 Å². The molecule has 0 heterocycles. The zero-order chi connectivity index (χ0) is 19.9. The highest BCUT2D eigenvalue weighted by Gasteiger charge is 2.13. The lowest BCUT2D eigenvalue weighted by molar-refractivity contribution is 0.0956. The molecule has 5 nitrogen and oxygen atoms in total. The van der Waals surface area contributed by atoms with Crippen LogP contribution in [-0.2, 0) is 0 Å². The SMILES string of the molecule is O=C(Nc1ccccc1C(=O)N/N=C\c1cccc(Br)c1)c1ccc(Cl)cc1. The maximum absolute atomic E-state index is 12.5. The van der Waals surface area contributed by atoms with Gasteiger partial charge in [0.15, 0.2) is 0 Å². The Hall–Kier alpha value is -2.96. The van der Waals surface area contributed by atoms with Crippen molar-refractivity contribution in [3.63, 3.8) is 0 Å². The van der Waals surface area contributed by atoms with E-state index in [0.717, 1.165) is 10.0 Å². The number of benzene rings is 3. The van der Waals surface area contributed by atoms with E-state index in [1.54, 1.807) is 48.5 Å². The van der Waals surface area contributed by atoms with Crippen LogP contribution in [0.5, 0.6) is 0 Å². The molecule has 0 aromatic heterocycles. The summed E-state index contributed by atoms with van der Waals surface area (Å²) in [5.74, 6) is -0.771. The van der Waals surface area contributed by atoms with Crippen LogP contribution in [0.1, 0.15) is 26.3 Å². The van der Waals surface area contributed by atoms with E-state index < -0.39 is 5.91 Å². The largest absolute Gasteiger partial charge is 0.321 e. The summed E-state index contributed by atoms with van der Waals surface area (Å²) < 4.78 is 0.915. The molecular weight excluding hydrogens is 442 g/mol. The van der Waals surface area contributed by atoms with Gasteiger partial charge < -0.3 is 5.32 Å². The van der Waals surface area contributed by atoms with E-state index in [1.165, 1.54) is 6.21 Å². The second kappa shape index (κ2) is 9.30. The lowest BCUT2D eigenvalue weighted by Gasteiger charge is -2.10. The van der Waals surface area contributed by atoms with E-state index in [-0.39, 0.29) is 5.91 Å². The van der Waals surface area contributed by atoms with Gasteiger partial charge in [-0.1, -0.05) is 51.8 Å². The molecule has 3 rings (SSSR count). The Kier molecular flexibility index (Phi) is 6.57. The summed E-state index contributed by atoms with van der Waals surface area (Å²) in [6.07, 6.45) is 1.54. The van der Waals surface area contributed by atoms with Gasteiger partial charge in [0.1, 0.15) is 0 Å². The first-order valence-corrected chi connectivity index (χ1v) is 9.45. The number of hydrogen-bond acceptors (Lipinski definition) is 3. The van der Waals surface area contributed by atoms with Gasteiger partial charge in [0.25, 0.3) is 11.8 Å².